The number of nitrogens with zero attached hydrogens (tertiary/aromatic N) is 3. The van der Waals surface area contributed by atoms with E-state index in [1.807, 2.05) is 19.1 Å². The van der Waals surface area contributed by atoms with Gasteiger partial charge in [-0.15, -0.1) is 0 Å². The molecule has 1 fully saturated rings. The molecule has 0 N–H and O–H groups in total. The van der Waals surface area contributed by atoms with Crippen LogP contribution in [0.4, 0.5) is 0 Å². The maximum atomic E-state index is 6.61. The third-order valence-electron chi connectivity index (χ3n) is 5.75. The molecule has 3 aliphatic rings. The van der Waals surface area contributed by atoms with Crippen molar-refractivity contribution >= 4 is 21.6 Å². The lowest BCUT2D eigenvalue weighted by atomic mass is 9.91. The zero-order chi connectivity index (χ0) is 17.9. The summed E-state index contributed by atoms with van der Waals surface area (Å²) in [4.78, 5) is 2.36. The number of likely N-dealkylation sites (tertiary alicyclic amines) is 1. The van der Waals surface area contributed by atoms with E-state index in [-0.39, 0.29) is 11.8 Å². The highest BCUT2D eigenvalue weighted by Crippen LogP contribution is 2.50. The van der Waals surface area contributed by atoms with Gasteiger partial charge in [-0.25, -0.2) is 5.01 Å². The van der Waals surface area contributed by atoms with Gasteiger partial charge in [0.15, 0.2) is 0 Å². The van der Waals surface area contributed by atoms with Gasteiger partial charge in [0, 0.05) is 42.4 Å². The molecular formula is C20H22BrN3O2. The second kappa shape index (κ2) is 5.86. The molecule has 5 nitrogen and oxygen atoms in total. The number of aryl methyl sites for hydroxylation is 1. The van der Waals surface area contributed by atoms with E-state index < -0.39 is 0 Å². The van der Waals surface area contributed by atoms with Crippen LogP contribution in [0.2, 0.25) is 0 Å². The third-order valence-corrected chi connectivity index (χ3v) is 6.25. The monoisotopic (exact) mass is 415 g/mol. The summed E-state index contributed by atoms with van der Waals surface area (Å²) in [6.45, 7) is 4.00. The molecule has 26 heavy (non-hydrogen) atoms. The van der Waals surface area contributed by atoms with Crippen LogP contribution in [0.3, 0.4) is 0 Å². The number of hydrogen-bond donors (Lipinski definition) is 0. The fraction of sp³-hybridized carbons (Fsp3) is 0.450. The normalized spacial score (nSPS) is 24.2. The number of benzene rings is 1. The van der Waals surface area contributed by atoms with Crippen LogP contribution in [-0.4, -0.2) is 41.5 Å². The van der Waals surface area contributed by atoms with E-state index in [0.717, 1.165) is 59.8 Å². The first-order chi connectivity index (χ1) is 12.5. The molecule has 1 aromatic heterocycles. The van der Waals surface area contributed by atoms with Gasteiger partial charge in [-0.05, 0) is 44.3 Å². The first-order valence-corrected chi connectivity index (χ1v) is 9.94. The Labute approximate surface area is 161 Å². The van der Waals surface area contributed by atoms with Gasteiger partial charge in [0.1, 0.15) is 23.0 Å². The predicted octanol–water partition coefficient (Wildman–Crippen LogP) is 4.32. The van der Waals surface area contributed by atoms with Crippen molar-refractivity contribution in [3.05, 3.63) is 51.9 Å². The standard InChI is InChI=1S/C20H22BrN3O2/c1-13-3-5-19(25-13)16-12-17-15-11-14(21)4-6-18(15)26-20(24(17)22-16)7-9-23(2)10-8-20/h3-6,11,17H,7-10,12H2,1-2H3/t17-/m1/s1. The number of piperidine rings is 1. The highest BCUT2D eigenvalue weighted by atomic mass is 79.9. The fourth-order valence-corrected chi connectivity index (χ4v) is 4.67. The molecule has 0 bridgehead atoms. The van der Waals surface area contributed by atoms with Crippen LogP contribution in [0.1, 0.15) is 42.4 Å². The molecule has 1 aromatic carbocycles. The van der Waals surface area contributed by atoms with Crippen molar-refractivity contribution < 1.29 is 9.15 Å². The van der Waals surface area contributed by atoms with Crippen molar-refractivity contribution in [3.63, 3.8) is 0 Å². The molecule has 4 heterocycles. The SMILES string of the molecule is Cc1ccc(C2=NN3[C@H](C2)c2cc(Br)ccc2OC32CCN(C)CC2)o1. The molecule has 0 aliphatic carbocycles. The number of furan rings is 1. The zero-order valence-electron chi connectivity index (χ0n) is 15.0. The van der Waals surface area contributed by atoms with Crippen molar-refractivity contribution in [2.75, 3.05) is 20.1 Å². The van der Waals surface area contributed by atoms with E-state index in [4.69, 9.17) is 14.3 Å². The number of ether oxygens (including phenoxy) is 1. The summed E-state index contributed by atoms with van der Waals surface area (Å²) in [5, 5.41) is 7.25. The number of fused-ring (bicyclic) bond motifs is 4. The van der Waals surface area contributed by atoms with Crippen LogP contribution in [0.5, 0.6) is 5.75 Å². The minimum atomic E-state index is -0.360. The van der Waals surface area contributed by atoms with Gasteiger partial charge in [-0.2, -0.15) is 5.10 Å². The van der Waals surface area contributed by atoms with Crippen LogP contribution in [-0.2, 0) is 0 Å². The Morgan fingerprint density at radius 1 is 1.19 bits per heavy atom. The average Bonchev–Trinajstić information content (AvgIpc) is 3.25. The quantitative estimate of drug-likeness (QED) is 0.695. The maximum absolute atomic E-state index is 6.61. The zero-order valence-corrected chi connectivity index (χ0v) is 16.6. The minimum Gasteiger partial charge on any atom is -0.466 e. The lowest BCUT2D eigenvalue weighted by molar-refractivity contribution is -0.147. The second-order valence-electron chi connectivity index (χ2n) is 7.56. The van der Waals surface area contributed by atoms with Crippen LogP contribution in [0.15, 0.2) is 44.3 Å². The van der Waals surface area contributed by atoms with Gasteiger partial charge in [-0.3, -0.25) is 0 Å². The number of rotatable bonds is 1. The maximum Gasteiger partial charge on any atom is 0.200 e. The summed E-state index contributed by atoms with van der Waals surface area (Å²) in [6, 6.07) is 10.5. The number of hydrazone groups is 1. The molecule has 3 aliphatic heterocycles. The molecular weight excluding hydrogens is 394 g/mol. The fourth-order valence-electron chi connectivity index (χ4n) is 4.29. The summed E-state index contributed by atoms with van der Waals surface area (Å²) >= 11 is 3.61. The Morgan fingerprint density at radius 2 is 2.00 bits per heavy atom. The Balaban J connectivity index is 1.59. The van der Waals surface area contributed by atoms with E-state index >= 15 is 0 Å². The molecule has 1 atom stereocenters. The predicted molar refractivity (Wildman–Crippen MR) is 103 cm³/mol. The largest absolute Gasteiger partial charge is 0.466 e. The second-order valence-corrected chi connectivity index (χ2v) is 8.47. The van der Waals surface area contributed by atoms with Crippen molar-refractivity contribution in [1.82, 2.24) is 9.91 Å². The average molecular weight is 416 g/mol. The minimum absolute atomic E-state index is 0.195. The summed E-state index contributed by atoms with van der Waals surface area (Å²) < 4.78 is 13.5. The van der Waals surface area contributed by atoms with Crippen molar-refractivity contribution in [1.29, 1.82) is 0 Å². The van der Waals surface area contributed by atoms with Crippen molar-refractivity contribution in [2.24, 2.45) is 5.10 Å². The first kappa shape index (κ1) is 16.4. The van der Waals surface area contributed by atoms with E-state index in [9.17, 15) is 0 Å². The van der Waals surface area contributed by atoms with E-state index in [1.165, 1.54) is 5.56 Å². The molecule has 0 radical (unpaired) electrons. The van der Waals surface area contributed by atoms with Gasteiger partial charge < -0.3 is 14.1 Å². The van der Waals surface area contributed by atoms with Gasteiger partial charge in [0.2, 0.25) is 5.72 Å². The van der Waals surface area contributed by atoms with E-state index in [0.29, 0.717) is 0 Å². The highest BCUT2D eigenvalue weighted by molar-refractivity contribution is 9.10. The summed E-state index contributed by atoms with van der Waals surface area (Å²) in [5.41, 5.74) is 1.85. The molecule has 1 spiro atoms. The molecule has 136 valence electrons. The molecule has 2 aromatic rings. The Hall–Kier alpha value is -1.79. The van der Waals surface area contributed by atoms with Crippen molar-refractivity contribution in [3.8, 4) is 5.75 Å². The molecule has 0 amide bonds. The van der Waals surface area contributed by atoms with Gasteiger partial charge in [-0.1, -0.05) is 15.9 Å². The third kappa shape index (κ3) is 2.50. The van der Waals surface area contributed by atoms with Gasteiger partial charge >= 0.3 is 0 Å². The number of halogens is 1. The smallest absolute Gasteiger partial charge is 0.200 e. The molecule has 0 saturated carbocycles. The van der Waals surface area contributed by atoms with Crippen LogP contribution in [0.25, 0.3) is 0 Å². The van der Waals surface area contributed by atoms with Crippen LogP contribution < -0.4 is 4.74 Å². The van der Waals surface area contributed by atoms with Gasteiger partial charge in [0.25, 0.3) is 0 Å². The Morgan fingerprint density at radius 3 is 2.73 bits per heavy atom. The van der Waals surface area contributed by atoms with Crippen LogP contribution >= 0.6 is 15.9 Å². The highest BCUT2D eigenvalue weighted by Gasteiger charge is 2.51. The Kier molecular flexibility index (Phi) is 3.69. The topological polar surface area (TPSA) is 41.2 Å². The van der Waals surface area contributed by atoms with Crippen molar-refractivity contribution in [2.45, 2.75) is 38.0 Å². The summed E-state index contributed by atoms with van der Waals surface area (Å²) in [7, 11) is 2.17. The van der Waals surface area contributed by atoms with Crippen LogP contribution in [0, 0.1) is 6.92 Å². The van der Waals surface area contributed by atoms with E-state index in [2.05, 4.69) is 51.1 Å². The lowest BCUT2D eigenvalue weighted by Gasteiger charge is -2.50. The first-order valence-electron chi connectivity index (χ1n) is 9.15. The number of hydrogen-bond acceptors (Lipinski definition) is 5. The summed E-state index contributed by atoms with van der Waals surface area (Å²) in [5.74, 6) is 2.78. The molecule has 1 saturated heterocycles. The van der Waals surface area contributed by atoms with E-state index in [1.54, 1.807) is 0 Å². The van der Waals surface area contributed by atoms with Gasteiger partial charge in [0.05, 0.1) is 6.04 Å². The Bertz CT molecular complexity index is 883. The lowest BCUT2D eigenvalue weighted by Crippen LogP contribution is -2.58. The summed E-state index contributed by atoms with van der Waals surface area (Å²) in [6.07, 6.45) is 2.74. The molecule has 6 heteroatoms. The molecule has 0 unspecified atom stereocenters. The molecule has 5 rings (SSSR count).